The topological polar surface area (TPSA) is 78.6 Å². The fourth-order valence-corrected chi connectivity index (χ4v) is 2.83. The van der Waals surface area contributed by atoms with E-state index in [-0.39, 0.29) is 24.2 Å². The van der Waals surface area contributed by atoms with E-state index >= 15 is 0 Å². The number of hydrogen-bond donors (Lipinski definition) is 0. The van der Waals surface area contributed by atoms with Crippen LogP contribution in [-0.2, 0) is 16.0 Å². The number of ether oxygens (including phenoxy) is 2. The summed E-state index contributed by atoms with van der Waals surface area (Å²) in [6, 6.07) is 13.0. The third-order valence-electron chi connectivity index (χ3n) is 4.47. The maximum absolute atomic E-state index is 12.4. The minimum Gasteiger partial charge on any atom is -0.454 e. The van der Waals surface area contributed by atoms with Crippen LogP contribution in [0.2, 0.25) is 0 Å². The van der Waals surface area contributed by atoms with E-state index in [9.17, 15) is 18.4 Å². The second-order valence-electron chi connectivity index (χ2n) is 6.88. The van der Waals surface area contributed by atoms with Crippen LogP contribution in [0.25, 0.3) is 11.3 Å². The van der Waals surface area contributed by atoms with Gasteiger partial charge in [0.1, 0.15) is 5.75 Å². The lowest BCUT2D eigenvalue weighted by atomic mass is 10.1. The monoisotopic (exact) mass is 429 g/mol. The molecule has 0 bridgehead atoms. The van der Waals surface area contributed by atoms with Crippen molar-refractivity contribution in [1.29, 1.82) is 0 Å². The van der Waals surface area contributed by atoms with Crippen LogP contribution in [-0.4, -0.2) is 29.5 Å². The first-order valence-corrected chi connectivity index (χ1v) is 9.62. The van der Waals surface area contributed by atoms with Gasteiger partial charge < -0.3 is 13.9 Å². The number of hydrogen-bond acceptors (Lipinski definition) is 6. The van der Waals surface area contributed by atoms with Crippen molar-refractivity contribution in [3.63, 3.8) is 0 Å². The Labute approximate surface area is 177 Å². The molecular formula is C23H21F2NO5. The molecule has 2 aromatic carbocycles. The molecule has 162 valence electrons. The lowest BCUT2D eigenvalue weighted by Crippen LogP contribution is -2.24. The molecule has 3 rings (SSSR count). The lowest BCUT2D eigenvalue weighted by Gasteiger charge is -2.12. The number of alkyl halides is 2. The Kier molecular flexibility index (Phi) is 7.12. The van der Waals surface area contributed by atoms with Crippen LogP contribution in [0.3, 0.4) is 0 Å². The van der Waals surface area contributed by atoms with Crippen molar-refractivity contribution in [3.8, 4) is 17.1 Å². The molecule has 0 aliphatic carbocycles. The van der Waals surface area contributed by atoms with E-state index in [2.05, 4.69) is 9.72 Å². The maximum Gasteiger partial charge on any atom is 0.387 e. The number of oxazole rings is 1. The summed E-state index contributed by atoms with van der Waals surface area (Å²) in [5, 5.41) is 0. The van der Waals surface area contributed by atoms with Gasteiger partial charge in [0.2, 0.25) is 5.78 Å². The van der Waals surface area contributed by atoms with Crippen LogP contribution >= 0.6 is 0 Å². The summed E-state index contributed by atoms with van der Waals surface area (Å²) in [4.78, 5) is 28.7. The predicted molar refractivity (Wildman–Crippen MR) is 108 cm³/mol. The Morgan fingerprint density at radius 2 is 1.74 bits per heavy atom. The van der Waals surface area contributed by atoms with Gasteiger partial charge in [0.15, 0.2) is 17.8 Å². The van der Waals surface area contributed by atoms with Crippen LogP contribution in [0.4, 0.5) is 8.78 Å². The zero-order valence-electron chi connectivity index (χ0n) is 17.0. The van der Waals surface area contributed by atoms with Crippen molar-refractivity contribution in [2.75, 3.05) is 0 Å². The van der Waals surface area contributed by atoms with E-state index in [0.29, 0.717) is 11.7 Å². The summed E-state index contributed by atoms with van der Waals surface area (Å²) in [6.45, 7) is 0.493. The average molecular weight is 429 g/mol. The molecule has 0 aliphatic rings. The Morgan fingerprint density at radius 1 is 1.06 bits per heavy atom. The number of benzene rings is 2. The zero-order chi connectivity index (χ0) is 22.4. The van der Waals surface area contributed by atoms with Crippen molar-refractivity contribution >= 4 is 11.8 Å². The number of nitrogens with zero attached hydrogens (tertiary/aromatic N) is 1. The minimum absolute atomic E-state index is 0.00730. The van der Waals surface area contributed by atoms with Gasteiger partial charge in [0, 0.05) is 17.5 Å². The molecule has 0 saturated heterocycles. The third kappa shape index (κ3) is 6.21. The molecule has 31 heavy (non-hydrogen) atoms. The van der Waals surface area contributed by atoms with Gasteiger partial charge in [-0.3, -0.25) is 9.59 Å². The normalized spacial score (nSPS) is 11.9. The van der Waals surface area contributed by atoms with Gasteiger partial charge in [-0.05, 0) is 38.1 Å². The largest absolute Gasteiger partial charge is 0.454 e. The lowest BCUT2D eigenvalue weighted by molar-refractivity contribution is -0.146. The molecule has 1 atom stereocenters. The summed E-state index contributed by atoms with van der Waals surface area (Å²) >= 11 is 0. The maximum atomic E-state index is 12.4. The number of halogens is 2. The van der Waals surface area contributed by atoms with Crippen molar-refractivity contribution in [2.24, 2.45) is 0 Å². The number of Topliss-reactive ketones (excluding diaryl/α,β-unsaturated/α-hetero) is 1. The second kappa shape index (κ2) is 9.97. The number of ketones is 1. The highest BCUT2D eigenvalue weighted by Gasteiger charge is 2.20. The molecule has 0 fully saturated rings. The van der Waals surface area contributed by atoms with Gasteiger partial charge in [-0.15, -0.1) is 0 Å². The van der Waals surface area contributed by atoms with Crippen LogP contribution in [0, 0.1) is 6.92 Å². The Balaban J connectivity index is 1.50. The number of rotatable bonds is 9. The second-order valence-corrected chi connectivity index (χ2v) is 6.88. The average Bonchev–Trinajstić information content (AvgIpc) is 3.21. The molecule has 0 amide bonds. The molecule has 1 aromatic heterocycles. The SMILES string of the molecule is Cc1ccc(-c2cnc(CCC(=O)OC(C)C(=O)c3ccc(OC(F)F)cc3)o2)cc1. The molecule has 0 aliphatic heterocycles. The van der Waals surface area contributed by atoms with E-state index in [1.165, 1.54) is 31.2 Å². The van der Waals surface area contributed by atoms with Crippen molar-refractivity contribution in [3.05, 3.63) is 71.7 Å². The van der Waals surface area contributed by atoms with Crippen molar-refractivity contribution in [2.45, 2.75) is 39.4 Å². The molecule has 6 nitrogen and oxygen atoms in total. The van der Waals surface area contributed by atoms with Crippen LogP contribution < -0.4 is 4.74 Å². The quantitative estimate of drug-likeness (QED) is 0.352. The molecule has 0 spiro atoms. The first-order chi connectivity index (χ1) is 14.8. The summed E-state index contributed by atoms with van der Waals surface area (Å²) in [6.07, 6.45) is 0.790. The molecule has 8 heteroatoms. The number of esters is 1. The predicted octanol–water partition coefficient (Wildman–Crippen LogP) is 5.00. The van der Waals surface area contributed by atoms with Gasteiger partial charge >= 0.3 is 12.6 Å². The van der Waals surface area contributed by atoms with E-state index in [1.807, 2.05) is 31.2 Å². The summed E-state index contributed by atoms with van der Waals surface area (Å²) in [5.41, 5.74) is 2.24. The summed E-state index contributed by atoms with van der Waals surface area (Å²) < 4.78 is 39.5. The molecule has 1 heterocycles. The first kappa shape index (κ1) is 22.1. The third-order valence-corrected chi connectivity index (χ3v) is 4.47. The van der Waals surface area contributed by atoms with Crippen LogP contribution in [0.15, 0.2) is 59.1 Å². The van der Waals surface area contributed by atoms with Crippen molar-refractivity contribution < 1.29 is 32.3 Å². The molecule has 0 radical (unpaired) electrons. The molecule has 3 aromatic rings. The standard InChI is InChI=1S/C23H21F2NO5/c1-14-3-5-16(6-4-14)19-13-26-20(31-19)11-12-21(27)29-15(2)22(28)17-7-9-18(10-8-17)30-23(24)25/h3-10,13,15,23H,11-12H2,1-2H3. The molecule has 0 saturated carbocycles. The van der Waals surface area contributed by atoms with E-state index in [1.54, 1.807) is 6.20 Å². The smallest absolute Gasteiger partial charge is 0.387 e. The number of aryl methyl sites for hydroxylation is 2. The van der Waals surface area contributed by atoms with Gasteiger partial charge in [0.05, 0.1) is 12.6 Å². The van der Waals surface area contributed by atoms with E-state index in [0.717, 1.165) is 11.1 Å². The molecule has 1 unspecified atom stereocenters. The zero-order valence-corrected chi connectivity index (χ0v) is 17.0. The van der Waals surface area contributed by atoms with Gasteiger partial charge in [-0.1, -0.05) is 29.8 Å². The number of carbonyl (C=O) groups is 2. The van der Waals surface area contributed by atoms with E-state index < -0.39 is 24.5 Å². The fraction of sp³-hybridized carbons (Fsp3) is 0.261. The minimum atomic E-state index is -2.95. The number of aromatic nitrogens is 1. The Morgan fingerprint density at radius 3 is 2.39 bits per heavy atom. The molecule has 0 N–H and O–H groups in total. The highest BCUT2D eigenvalue weighted by Crippen LogP contribution is 2.21. The van der Waals surface area contributed by atoms with Gasteiger partial charge in [0.25, 0.3) is 0 Å². The highest BCUT2D eigenvalue weighted by atomic mass is 19.3. The highest BCUT2D eigenvalue weighted by molar-refractivity contribution is 6.00. The fourth-order valence-electron chi connectivity index (χ4n) is 2.83. The van der Waals surface area contributed by atoms with E-state index in [4.69, 9.17) is 9.15 Å². The number of carbonyl (C=O) groups excluding carboxylic acids is 2. The first-order valence-electron chi connectivity index (χ1n) is 9.62. The Bertz CT molecular complexity index is 1030. The van der Waals surface area contributed by atoms with Gasteiger partial charge in [-0.2, -0.15) is 8.78 Å². The molecular weight excluding hydrogens is 408 g/mol. The summed E-state index contributed by atoms with van der Waals surface area (Å²) in [7, 11) is 0. The van der Waals surface area contributed by atoms with Crippen LogP contribution in [0.1, 0.15) is 35.2 Å². The Hall–Kier alpha value is -3.55. The summed E-state index contributed by atoms with van der Waals surface area (Å²) in [5.74, 6) is -0.0947. The van der Waals surface area contributed by atoms with Gasteiger partial charge in [-0.25, -0.2) is 4.98 Å². The van der Waals surface area contributed by atoms with Crippen molar-refractivity contribution in [1.82, 2.24) is 4.98 Å². The van der Waals surface area contributed by atoms with Crippen LogP contribution in [0.5, 0.6) is 5.75 Å².